The van der Waals surface area contributed by atoms with Crippen LogP contribution in [0.2, 0.25) is 0 Å². The summed E-state index contributed by atoms with van der Waals surface area (Å²) >= 11 is 3.04. The zero-order valence-corrected chi connectivity index (χ0v) is 19.0. The summed E-state index contributed by atoms with van der Waals surface area (Å²) in [6, 6.07) is 18.9. The monoisotopic (exact) mass is 470 g/mol. The van der Waals surface area contributed by atoms with Crippen LogP contribution in [0.25, 0.3) is 11.8 Å². The fourth-order valence-electron chi connectivity index (χ4n) is 4.59. The molecule has 0 saturated heterocycles. The number of carbonyl (C=O) groups is 1. The zero-order chi connectivity index (χ0) is 22.5. The summed E-state index contributed by atoms with van der Waals surface area (Å²) < 4.78 is 2.42. The maximum atomic E-state index is 13.6. The number of benzene rings is 2. The van der Waals surface area contributed by atoms with Crippen LogP contribution in [0.4, 0.5) is 0 Å². The maximum Gasteiger partial charge on any atom is 0.335 e. The van der Waals surface area contributed by atoms with Crippen molar-refractivity contribution in [2.24, 2.45) is 4.99 Å². The van der Waals surface area contributed by atoms with E-state index in [0.717, 1.165) is 34.5 Å². The summed E-state index contributed by atoms with van der Waals surface area (Å²) in [5, 5.41) is 11.2. The van der Waals surface area contributed by atoms with Gasteiger partial charge in [-0.25, -0.2) is 9.79 Å². The number of fused-ring (bicyclic) bond motifs is 3. The molecule has 1 aliphatic heterocycles. The minimum Gasteiger partial charge on any atom is -0.478 e. The Morgan fingerprint density at radius 3 is 2.64 bits per heavy atom. The zero-order valence-electron chi connectivity index (χ0n) is 17.4. The van der Waals surface area contributed by atoms with E-state index in [0.29, 0.717) is 9.33 Å². The number of rotatable bonds is 3. The number of thiophene rings is 1. The van der Waals surface area contributed by atoms with Crippen molar-refractivity contribution in [3.8, 4) is 0 Å². The minimum atomic E-state index is -0.970. The summed E-state index contributed by atoms with van der Waals surface area (Å²) in [4.78, 5) is 31.6. The molecule has 0 radical (unpaired) electrons. The van der Waals surface area contributed by atoms with Crippen LogP contribution in [0.15, 0.2) is 81.4 Å². The number of carboxylic acid groups (broad SMARTS) is 1. The van der Waals surface area contributed by atoms with Crippen molar-refractivity contribution in [3.63, 3.8) is 0 Å². The molecule has 0 saturated carbocycles. The number of aromatic carboxylic acids is 1. The molecule has 1 aliphatic carbocycles. The van der Waals surface area contributed by atoms with Crippen molar-refractivity contribution in [2.75, 3.05) is 0 Å². The number of aryl methyl sites for hydroxylation is 1. The molecule has 33 heavy (non-hydrogen) atoms. The van der Waals surface area contributed by atoms with Gasteiger partial charge in [-0.3, -0.25) is 9.36 Å². The molecular weight excluding hydrogens is 452 g/mol. The van der Waals surface area contributed by atoms with E-state index in [2.05, 4.69) is 24.3 Å². The van der Waals surface area contributed by atoms with Crippen molar-refractivity contribution in [2.45, 2.75) is 18.9 Å². The van der Waals surface area contributed by atoms with Crippen molar-refractivity contribution in [3.05, 3.63) is 118 Å². The number of aromatic nitrogens is 1. The molecule has 2 aromatic carbocycles. The highest BCUT2D eigenvalue weighted by molar-refractivity contribution is 7.10. The van der Waals surface area contributed by atoms with Crippen LogP contribution in [0.3, 0.4) is 0 Å². The highest BCUT2D eigenvalue weighted by atomic mass is 32.1. The predicted molar refractivity (Wildman–Crippen MR) is 130 cm³/mol. The van der Waals surface area contributed by atoms with E-state index >= 15 is 0 Å². The topological polar surface area (TPSA) is 71.7 Å². The van der Waals surface area contributed by atoms with Crippen LogP contribution in [0.1, 0.15) is 44.4 Å². The van der Waals surface area contributed by atoms with Crippen LogP contribution >= 0.6 is 22.7 Å². The Morgan fingerprint density at radius 2 is 1.88 bits per heavy atom. The van der Waals surface area contributed by atoms with Gasteiger partial charge in [0, 0.05) is 10.4 Å². The first-order chi connectivity index (χ1) is 16.1. The lowest BCUT2D eigenvalue weighted by atomic mass is 9.85. The molecule has 1 unspecified atom stereocenters. The molecule has 2 aliphatic rings. The van der Waals surface area contributed by atoms with Crippen LogP contribution in [0.5, 0.6) is 0 Å². The second-order valence-corrected chi connectivity index (χ2v) is 10.0. The maximum absolute atomic E-state index is 13.6. The summed E-state index contributed by atoms with van der Waals surface area (Å²) in [7, 11) is 0. The van der Waals surface area contributed by atoms with Gasteiger partial charge >= 0.3 is 5.97 Å². The number of allylic oxidation sites excluding steroid dienone is 1. The molecule has 4 aromatic rings. The van der Waals surface area contributed by atoms with E-state index in [1.54, 1.807) is 35.6 Å². The molecular formula is C26H18N2O3S2. The van der Waals surface area contributed by atoms with Crippen LogP contribution < -0.4 is 14.9 Å². The van der Waals surface area contributed by atoms with E-state index in [1.807, 2.05) is 28.2 Å². The molecule has 2 aromatic heterocycles. The average Bonchev–Trinajstić information content (AvgIpc) is 3.47. The summed E-state index contributed by atoms with van der Waals surface area (Å²) in [5.41, 5.74) is 5.58. The normalized spacial score (nSPS) is 17.2. The Labute approximate surface area is 196 Å². The molecule has 3 heterocycles. The number of hydrogen-bond acceptors (Lipinski definition) is 5. The van der Waals surface area contributed by atoms with Gasteiger partial charge in [0.25, 0.3) is 5.56 Å². The lowest BCUT2D eigenvalue weighted by molar-refractivity contribution is 0.0697. The lowest BCUT2D eigenvalue weighted by Gasteiger charge is -2.30. The first-order valence-corrected chi connectivity index (χ1v) is 12.3. The van der Waals surface area contributed by atoms with Crippen molar-refractivity contribution >= 4 is 40.4 Å². The van der Waals surface area contributed by atoms with Crippen LogP contribution in [-0.2, 0) is 6.42 Å². The molecule has 5 nitrogen and oxygen atoms in total. The third-order valence-corrected chi connectivity index (χ3v) is 8.05. The average molecular weight is 471 g/mol. The fraction of sp³-hybridized carbons (Fsp3) is 0.115. The quantitative estimate of drug-likeness (QED) is 0.491. The van der Waals surface area contributed by atoms with Crippen molar-refractivity contribution in [1.82, 2.24) is 4.57 Å². The van der Waals surface area contributed by atoms with E-state index < -0.39 is 5.97 Å². The van der Waals surface area contributed by atoms with Crippen molar-refractivity contribution in [1.29, 1.82) is 0 Å². The fourth-order valence-corrected chi connectivity index (χ4v) is 6.44. The molecule has 0 amide bonds. The van der Waals surface area contributed by atoms with Crippen molar-refractivity contribution < 1.29 is 9.90 Å². The van der Waals surface area contributed by atoms with Crippen LogP contribution in [0, 0.1) is 0 Å². The summed E-state index contributed by atoms with van der Waals surface area (Å²) in [6.45, 7) is 0. The highest BCUT2D eigenvalue weighted by Gasteiger charge is 2.32. The Morgan fingerprint density at radius 1 is 1.06 bits per heavy atom. The van der Waals surface area contributed by atoms with Gasteiger partial charge in [0.05, 0.1) is 21.8 Å². The lowest BCUT2D eigenvalue weighted by Crippen LogP contribution is -2.38. The first-order valence-electron chi connectivity index (χ1n) is 10.6. The third-order valence-electron chi connectivity index (χ3n) is 6.14. The smallest absolute Gasteiger partial charge is 0.335 e. The molecule has 1 atom stereocenters. The molecule has 7 heteroatoms. The number of carboxylic acids is 1. The first kappa shape index (κ1) is 20.1. The van der Waals surface area contributed by atoms with Gasteiger partial charge in [-0.2, -0.15) is 0 Å². The van der Waals surface area contributed by atoms with Gasteiger partial charge in [0.15, 0.2) is 4.80 Å². The van der Waals surface area contributed by atoms with E-state index in [9.17, 15) is 9.59 Å². The van der Waals surface area contributed by atoms with Gasteiger partial charge in [-0.1, -0.05) is 53.8 Å². The molecule has 1 N–H and O–H groups in total. The summed E-state index contributed by atoms with van der Waals surface area (Å²) in [5.74, 6) is -0.970. The molecule has 6 rings (SSSR count). The number of nitrogens with zero attached hydrogens (tertiary/aromatic N) is 2. The SMILES string of the molecule is O=C(O)c1ccc(/C=c2/sc3n(c2=O)C(c2cccs2)C2=C(N=3)c3ccccc3CC2)cc1. The van der Waals surface area contributed by atoms with E-state index in [-0.39, 0.29) is 17.2 Å². The molecule has 0 spiro atoms. The van der Waals surface area contributed by atoms with E-state index in [4.69, 9.17) is 10.1 Å². The predicted octanol–water partition coefficient (Wildman–Crippen LogP) is 4.08. The number of hydrogen-bond donors (Lipinski definition) is 1. The Kier molecular flexibility index (Phi) is 4.74. The second-order valence-electron chi connectivity index (χ2n) is 8.06. The largest absolute Gasteiger partial charge is 0.478 e. The van der Waals surface area contributed by atoms with Gasteiger partial charge in [0.2, 0.25) is 0 Å². The second kappa shape index (κ2) is 7.79. The van der Waals surface area contributed by atoms with Gasteiger partial charge in [0.1, 0.15) is 0 Å². The third kappa shape index (κ3) is 3.32. The highest BCUT2D eigenvalue weighted by Crippen LogP contribution is 2.42. The minimum absolute atomic E-state index is 0.0649. The number of thiazole rings is 1. The van der Waals surface area contributed by atoms with Gasteiger partial charge in [-0.15, -0.1) is 11.3 Å². The Bertz CT molecular complexity index is 1610. The Hall–Kier alpha value is -3.55. The van der Waals surface area contributed by atoms with Gasteiger partial charge in [-0.05, 0) is 59.2 Å². The standard InChI is InChI=1S/C26H18N2O3S2/c29-24-21(14-15-7-9-17(10-8-15)25(30)31)33-26-27-22-18-5-2-1-4-16(18)11-12-19(22)23(28(24)26)20-6-3-13-32-20/h1-10,13-14,23H,11-12H2,(H,30,31)/b21-14+. The molecule has 0 fully saturated rings. The van der Waals surface area contributed by atoms with Crippen LogP contribution in [-0.4, -0.2) is 15.6 Å². The van der Waals surface area contributed by atoms with Gasteiger partial charge < -0.3 is 5.11 Å². The summed E-state index contributed by atoms with van der Waals surface area (Å²) in [6.07, 6.45) is 3.63. The molecule has 0 bridgehead atoms. The van der Waals surface area contributed by atoms with E-state index in [1.165, 1.54) is 22.5 Å². The molecule has 162 valence electrons. The Balaban J connectivity index is 1.57.